The molecule has 2 heterocycles. The molecule has 0 radical (unpaired) electrons. The van der Waals surface area contributed by atoms with Crippen LogP contribution in [0.4, 0.5) is 0 Å². The zero-order valence-corrected chi connectivity index (χ0v) is 13.7. The molecule has 1 aromatic heterocycles. The average Bonchev–Trinajstić information content (AvgIpc) is 3.02. The number of aromatic amines is 1. The molecule has 0 unspecified atom stereocenters. The minimum Gasteiger partial charge on any atom is -0.454 e. The summed E-state index contributed by atoms with van der Waals surface area (Å²) in [5.74, 6) is 1.62. The third kappa shape index (κ3) is 2.72. The highest BCUT2D eigenvalue weighted by molar-refractivity contribution is 6.50. The van der Waals surface area contributed by atoms with Gasteiger partial charge in [0.2, 0.25) is 6.79 Å². The van der Waals surface area contributed by atoms with E-state index >= 15 is 0 Å². The molecule has 7 heteroatoms. The van der Waals surface area contributed by atoms with E-state index in [0.717, 1.165) is 5.56 Å². The second kappa shape index (κ2) is 5.85. The van der Waals surface area contributed by atoms with Crippen LogP contribution < -0.4 is 15.0 Å². The van der Waals surface area contributed by atoms with Gasteiger partial charge in [-0.15, -0.1) is 0 Å². The van der Waals surface area contributed by atoms with Gasteiger partial charge in [0.25, 0.3) is 5.56 Å². The lowest BCUT2D eigenvalue weighted by Gasteiger charge is -2.03. The van der Waals surface area contributed by atoms with E-state index in [1.54, 1.807) is 36.4 Å². The summed E-state index contributed by atoms with van der Waals surface area (Å²) in [6, 6.07) is 10.3. The molecule has 24 heavy (non-hydrogen) atoms. The molecule has 1 N–H and O–H groups in total. The minimum absolute atomic E-state index is 0.205. The lowest BCUT2D eigenvalue weighted by Crippen LogP contribution is -2.10. The number of halogens is 2. The molecule has 0 saturated heterocycles. The maximum Gasteiger partial charge on any atom is 0.259 e. The van der Waals surface area contributed by atoms with Crippen molar-refractivity contribution in [2.24, 2.45) is 0 Å². The van der Waals surface area contributed by atoms with Gasteiger partial charge >= 0.3 is 0 Å². The maximum absolute atomic E-state index is 12.2. The van der Waals surface area contributed by atoms with Crippen LogP contribution in [0, 0.1) is 0 Å². The summed E-state index contributed by atoms with van der Waals surface area (Å²) in [4.78, 5) is 19.2. The molecule has 1 aliphatic rings. The molecule has 5 nitrogen and oxygen atoms in total. The third-order valence-corrected chi connectivity index (χ3v) is 4.11. The Morgan fingerprint density at radius 2 is 2.00 bits per heavy atom. The summed E-state index contributed by atoms with van der Waals surface area (Å²) in [6.07, 6.45) is 1.69. The molecule has 0 saturated carbocycles. The molecular weight excluding hydrogens is 351 g/mol. The van der Waals surface area contributed by atoms with Gasteiger partial charge in [0.05, 0.1) is 15.9 Å². The molecule has 0 atom stereocenters. The molecule has 0 spiro atoms. The number of ether oxygens (including phenoxy) is 2. The molecular formula is C17H10Cl2N2O3. The molecule has 0 bridgehead atoms. The Labute approximate surface area is 146 Å². The van der Waals surface area contributed by atoms with Crippen molar-refractivity contribution < 1.29 is 9.47 Å². The van der Waals surface area contributed by atoms with Crippen molar-refractivity contribution in [3.63, 3.8) is 0 Å². The first-order valence-electron chi connectivity index (χ1n) is 7.07. The Morgan fingerprint density at radius 3 is 2.88 bits per heavy atom. The number of nitrogens with one attached hydrogen (secondary N) is 1. The van der Waals surface area contributed by atoms with Gasteiger partial charge in [-0.1, -0.05) is 29.3 Å². The average molecular weight is 361 g/mol. The largest absolute Gasteiger partial charge is 0.454 e. The third-order valence-electron chi connectivity index (χ3n) is 3.58. The first-order valence-corrected chi connectivity index (χ1v) is 7.82. The summed E-state index contributed by atoms with van der Waals surface area (Å²) >= 11 is 12.3. The highest BCUT2D eigenvalue weighted by Crippen LogP contribution is 2.33. The monoisotopic (exact) mass is 360 g/mol. The number of hydrogen-bond acceptors (Lipinski definition) is 4. The van der Waals surface area contributed by atoms with Crippen LogP contribution in [-0.2, 0) is 0 Å². The Balaban J connectivity index is 1.77. The van der Waals surface area contributed by atoms with Gasteiger partial charge in [-0.25, -0.2) is 4.98 Å². The number of aromatic nitrogens is 2. The number of fused-ring (bicyclic) bond motifs is 2. The molecule has 0 amide bonds. The lowest BCUT2D eigenvalue weighted by atomic mass is 10.2. The molecule has 1 aliphatic heterocycles. The Hall–Kier alpha value is -2.50. The normalized spacial score (nSPS) is 13.5. The zero-order valence-electron chi connectivity index (χ0n) is 12.2. The molecule has 120 valence electrons. The molecule has 0 aliphatic carbocycles. The van der Waals surface area contributed by atoms with Crippen LogP contribution in [0.5, 0.6) is 11.5 Å². The Kier molecular flexibility index (Phi) is 3.67. The van der Waals surface area contributed by atoms with E-state index < -0.39 is 0 Å². The van der Waals surface area contributed by atoms with Gasteiger partial charge in [-0.2, -0.15) is 0 Å². The van der Waals surface area contributed by atoms with Crippen LogP contribution in [0.25, 0.3) is 22.0 Å². The predicted molar refractivity (Wildman–Crippen MR) is 93.7 cm³/mol. The standard InChI is InChI=1S/C17H10Cl2N2O3/c18-10-2-3-11-13(7-10)20-16(21-17(11)22)12(19)5-9-1-4-14-15(6-9)24-8-23-14/h1-7H,8H2,(H,20,21,22). The quantitative estimate of drug-likeness (QED) is 0.748. The smallest absolute Gasteiger partial charge is 0.259 e. The van der Waals surface area contributed by atoms with Crippen LogP contribution in [0.2, 0.25) is 5.02 Å². The van der Waals surface area contributed by atoms with E-state index in [2.05, 4.69) is 9.97 Å². The Morgan fingerprint density at radius 1 is 1.17 bits per heavy atom. The van der Waals surface area contributed by atoms with Crippen molar-refractivity contribution in [3.8, 4) is 11.5 Å². The van der Waals surface area contributed by atoms with Crippen LogP contribution in [-0.4, -0.2) is 16.8 Å². The van der Waals surface area contributed by atoms with Gasteiger partial charge < -0.3 is 14.5 Å². The van der Waals surface area contributed by atoms with E-state index in [1.165, 1.54) is 0 Å². The topological polar surface area (TPSA) is 64.2 Å². The van der Waals surface area contributed by atoms with Crippen molar-refractivity contribution in [2.45, 2.75) is 0 Å². The van der Waals surface area contributed by atoms with E-state index in [9.17, 15) is 4.79 Å². The van der Waals surface area contributed by atoms with E-state index in [0.29, 0.717) is 32.5 Å². The summed E-state index contributed by atoms with van der Waals surface area (Å²) in [5, 5.41) is 1.26. The minimum atomic E-state index is -0.274. The summed E-state index contributed by atoms with van der Waals surface area (Å²) < 4.78 is 10.6. The maximum atomic E-state index is 12.2. The van der Waals surface area contributed by atoms with E-state index in [1.807, 2.05) is 6.07 Å². The van der Waals surface area contributed by atoms with Crippen LogP contribution in [0.15, 0.2) is 41.2 Å². The van der Waals surface area contributed by atoms with E-state index in [4.69, 9.17) is 32.7 Å². The molecule has 0 fully saturated rings. The fourth-order valence-corrected chi connectivity index (χ4v) is 2.83. The zero-order chi connectivity index (χ0) is 16.7. The van der Waals surface area contributed by atoms with Gasteiger partial charge in [-0.05, 0) is 42.0 Å². The van der Waals surface area contributed by atoms with Crippen molar-refractivity contribution >= 4 is 45.2 Å². The highest BCUT2D eigenvalue weighted by atomic mass is 35.5. The summed E-state index contributed by atoms with van der Waals surface area (Å²) in [7, 11) is 0. The number of rotatable bonds is 2. The fourth-order valence-electron chi connectivity index (χ4n) is 2.44. The first kappa shape index (κ1) is 15.1. The van der Waals surface area contributed by atoms with Crippen molar-refractivity contribution in [2.75, 3.05) is 6.79 Å². The molecule has 3 aromatic rings. The van der Waals surface area contributed by atoms with Crippen molar-refractivity contribution in [1.29, 1.82) is 0 Å². The van der Waals surface area contributed by atoms with Gasteiger partial charge in [0, 0.05) is 5.02 Å². The van der Waals surface area contributed by atoms with Crippen LogP contribution >= 0.6 is 23.2 Å². The second-order valence-corrected chi connectivity index (χ2v) is 6.02. The number of nitrogens with zero attached hydrogens (tertiary/aromatic N) is 1. The fraction of sp³-hybridized carbons (Fsp3) is 0.0588. The number of hydrogen-bond donors (Lipinski definition) is 1. The SMILES string of the molecule is O=c1[nH]c(C(Cl)=Cc2ccc3c(c2)OCO3)nc2cc(Cl)ccc12. The summed E-state index contributed by atoms with van der Waals surface area (Å²) in [5.41, 5.74) is 1.01. The highest BCUT2D eigenvalue weighted by Gasteiger charge is 2.13. The van der Waals surface area contributed by atoms with Crippen molar-refractivity contribution in [3.05, 3.63) is 63.2 Å². The van der Waals surface area contributed by atoms with Gasteiger partial charge in [0.15, 0.2) is 17.3 Å². The molecule has 2 aromatic carbocycles. The van der Waals surface area contributed by atoms with Crippen molar-refractivity contribution in [1.82, 2.24) is 9.97 Å². The van der Waals surface area contributed by atoms with E-state index in [-0.39, 0.29) is 18.2 Å². The summed E-state index contributed by atoms with van der Waals surface area (Å²) in [6.45, 7) is 0.205. The lowest BCUT2D eigenvalue weighted by molar-refractivity contribution is 0.174. The first-order chi connectivity index (χ1) is 11.6. The number of H-pyrrole nitrogens is 1. The predicted octanol–water partition coefficient (Wildman–Crippen LogP) is 4.04. The Bertz CT molecular complexity index is 1040. The van der Waals surface area contributed by atoms with Gasteiger partial charge in [0.1, 0.15) is 0 Å². The second-order valence-electron chi connectivity index (χ2n) is 5.18. The van der Waals surface area contributed by atoms with Gasteiger partial charge in [-0.3, -0.25) is 4.79 Å². The number of benzene rings is 2. The molecule has 4 rings (SSSR count). The van der Waals surface area contributed by atoms with Crippen LogP contribution in [0.1, 0.15) is 11.4 Å². The van der Waals surface area contributed by atoms with Crippen LogP contribution in [0.3, 0.4) is 0 Å².